The van der Waals surface area contributed by atoms with Crippen LogP contribution < -0.4 is 5.73 Å². The molecule has 15 heavy (non-hydrogen) atoms. The van der Waals surface area contributed by atoms with Gasteiger partial charge < -0.3 is 10.8 Å². The van der Waals surface area contributed by atoms with Crippen molar-refractivity contribution in [2.24, 2.45) is 5.73 Å². The molecule has 1 atom stereocenters. The van der Waals surface area contributed by atoms with Gasteiger partial charge in [0.25, 0.3) is 0 Å². The van der Waals surface area contributed by atoms with Gasteiger partial charge in [-0.15, -0.1) is 0 Å². The summed E-state index contributed by atoms with van der Waals surface area (Å²) in [5.74, 6) is 0. The molecule has 2 heteroatoms. The van der Waals surface area contributed by atoms with Gasteiger partial charge in [-0.1, -0.05) is 17.7 Å². The Morgan fingerprint density at radius 2 is 1.73 bits per heavy atom. The third kappa shape index (κ3) is 3.05. The molecule has 0 bridgehead atoms. The minimum absolute atomic E-state index is 0.0535. The molecule has 0 saturated heterocycles. The molecule has 0 fully saturated rings. The first-order chi connectivity index (χ1) is 7.06. The monoisotopic (exact) mass is 207 g/mol. The SMILES string of the molecule is Cc1cc(C)c([C@@H](N)CCCO)c(C)c1. The summed E-state index contributed by atoms with van der Waals surface area (Å²) in [7, 11) is 0. The molecule has 0 aromatic heterocycles. The van der Waals surface area contributed by atoms with Crippen LogP contribution in [-0.2, 0) is 0 Å². The molecular weight excluding hydrogens is 186 g/mol. The molecule has 0 aliphatic rings. The number of aliphatic hydroxyl groups excluding tert-OH is 1. The predicted octanol–water partition coefficient (Wildman–Crippen LogP) is 2.38. The lowest BCUT2D eigenvalue weighted by molar-refractivity contribution is 0.280. The Balaban J connectivity index is 2.92. The van der Waals surface area contributed by atoms with E-state index in [0.29, 0.717) is 0 Å². The number of aryl methyl sites for hydroxylation is 3. The van der Waals surface area contributed by atoms with E-state index in [4.69, 9.17) is 10.8 Å². The molecule has 2 nitrogen and oxygen atoms in total. The third-order valence-electron chi connectivity index (χ3n) is 2.78. The van der Waals surface area contributed by atoms with E-state index in [2.05, 4.69) is 32.9 Å². The highest BCUT2D eigenvalue weighted by molar-refractivity contribution is 5.39. The Kier molecular flexibility index (Phi) is 4.30. The zero-order valence-corrected chi connectivity index (χ0v) is 9.88. The van der Waals surface area contributed by atoms with Gasteiger partial charge in [0.05, 0.1) is 0 Å². The van der Waals surface area contributed by atoms with Crippen LogP contribution in [0.4, 0.5) is 0 Å². The van der Waals surface area contributed by atoms with Gasteiger partial charge in [-0.3, -0.25) is 0 Å². The molecule has 0 radical (unpaired) electrons. The molecule has 0 spiro atoms. The topological polar surface area (TPSA) is 46.2 Å². The average Bonchev–Trinajstić information content (AvgIpc) is 2.12. The molecule has 0 heterocycles. The van der Waals surface area contributed by atoms with E-state index < -0.39 is 0 Å². The summed E-state index contributed by atoms with van der Waals surface area (Å²) < 4.78 is 0. The lowest BCUT2D eigenvalue weighted by atomic mass is 9.92. The summed E-state index contributed by atoms with van der Waals surface area (Å²) >= 11 is 0. The first-order valence-corrected chi connectivity index (χ1v) is 5.50. The maximum absolute atomic E-state index is 8.79. The molecule has 84 valence electrons. The number of benzene rings is 1. The number of nitrogens with two attached hydrogens (primary N) is 1. The van der Waals surface area contributed by atoms with Crippen LogP contribution >= 0.6 is 0 Å². The fourth-order valence-corrected chi connectivity index (χ4v) is 2.23. The van der Waals surface area contributed by atoms with E-state index in [0.717, 1.165) is 12.8 Å². The van der Waals surface area contributed by atoms with Gasteiger partial charge in [-0.25, -0.2) is 0 Å². The standard InChI is InChI=1S/C13H21NO/c1-9-7-10(2)13(11(3)8-9)12(14)5-4-6-15/h7-8,12,15H,4-6,14H2,1-3H3/t12-/m0/s1. The third-order valence-corrected chi connectivity index (χ3v) is 2.78. The quantitative estimate of drug-likeness (QED) is 0.796. The van der Waals surface area contributed by atoms with Gasteiger partial charge >= 0.3 is 0 Å². The second kappa shape index (κ2) is 5.29. The summed E-state index contributed by atoms with van der Waals surface area (Å²) in [5.41, 5.74) is 11.2. The first kappa shape index (κ1) is 12.2. The normalized spacial score (nSPS) is 12.9. The molecular formula is C13H21NO. The van der Waals surface area contributed by atoms with Crippen molar-refractivity contribution >= 4 is 0 Å². The predicted molar refractivity (Wildman–Crippen MR) is 63.9 cm³/mol. The highest BCUT2D eigenvalue weighted by Crippen LogP contribution is 2.24. The van der Waals surface area contributed by atoms with Crippen molar-refractivity contribution in [1.29, 1.82) is 0 Å². The van der Waals surface area contributed by atoms with E-state index in [9.17, 15) is 0 Å². The molecule has 0 saturated carbocycles. The zero-order valence-electron chi connectivity index (χ0n) is 9.88. The minimum Gasteiger partial charge on any atom is -0.396 e. The van der Waals surface area contributed by atoms with Crippen LogP contribution in [0.25, 0.3) is 0 Å². The maximum atomic E-state index is 8.79. The molecule has 0 aliphatic heterocycles. The number of hydrogen-bond acceptors (Lipinski definition) is 2. The molecule has 1 aromatic rings. The number of hydrogen-bond donors (Lipinski definition) is 2. The van der Waals surface area contributed by atoms with Gasteiger partial charge in [0.1, 0.15) is 0 Å². The van der Waals surface area contributed by atoms with E-state index in [1.165, 1.54) is 22.3 Å². The van der Waals surface area contributed by atoms with Crippen LogP contribution in [0, 0.1) is 20.8 Å². The highest BCUT2D eigenvalue weighted by atomic mass is 16.2. The van der Waals surface area contributed by atoms with E-state index >= 15 is 0 Å². The second-order valence-corrected chi connectivity index (χ2v) is 4.28. The number of aliphatic hydroxyl groups is 1. The second-order valence-electron chi connectivity index (χ2n) is 4.28. The number of rotatable bonds is 4. The van der Waals surface area contributed by atoms with Crippen molar-refractivity contribution in [3.05, 3.63) is 34.4 Å². The van der Waals surface area contributed by atoms with Crippen LogP contribution in [0.2, 0.25) is 0 Å². The van der Waals surface area contributed by atoms with Crippen molar-refractivity contribution in [2.45, 2.75) is 39.7 Å². The zero-order chi connectivity index (χ0) is 11.4. The molecule has 3 N–H and O–H groups in total. The van der Waals surface area contributed by atoms with Gasteiger partial charge in [-0.2, -0.15) is 0 Å². The fourth-order valence-electron chi connectivity index (χ4n) is 2.23. The maximum Gasteiger partial charge on any atom is 0.0431 e. The molecule has 0 aliphatic carbocycles. The largest absolute Gasteiger partial charge is 0.396 e. The van der Waals surface area contributed by atoms with Crippen LogP contribution in [0.5, 0.6) is 0 Å². The van der Waals surface area contributed by atoms with Crippen LogP contribution in [0.3, 0.4) is 0 Å². The summed E-state index contributed by atoms with van der Waals surface area (Å²) in [6, 6.07) is 4.39. The van der Waals surface area contributed by atoms with Crippen molar-refractivity contribution < 1.29 is 5.11 Å². The molecule has 0 amide bonds. The lowest BCUT2D eigenvalue weighted by Gasteiger charge is -2.18. The Hall–Kier alpha value is -0.860. The van der Waals surface area contributed by atoms with Crippen molar-refractivity contribution in [3.63, 3.8) is 0 Å². The van der Waals surface area contributed by atoms with Crippen molar-refractivity contribution in [3.8, 4) is 0 Å². The van der Waals surface area contributed by atoms with E-state index in [-0.39, 0.29) is 12.6 Å². The lowest BCUT2D eigenvalue weighted by Crippen LogP contribution is -2.14. The Bertz CT molecular complexity index is 310. The Morgan fingerprint density at radius 3 is 2.20 bits per heavy atom. The minimum atomic E-state index is 0.0535. The summed E-state index contributed by atoms with van der Waals surface area (Å²) in [6.45, 7) is 6.53. The van der Waals surface area contributed by atoms with Crippen molar-refractivity contribution in [2.75, 3.05) is 6.61 Å². The van der Waals surface area contributed by atoms with E-state index in [1.807, 2.05) is 0 Å². The van der Waals surface area contributed by atoms with Gasteiger partial charge in [-0.05, 0) is 50.3 Å². The summed E-state index contributed by atoms with van der Waals surface area (Å²) in [6.07, 6.45) is 1.62. The Labute approximate surface area is 92.1 Å². The molecule has 0 unspecified atom stereocenters. The fraction of sp³-hybridized carbons (Fsp3) is 0.538. The van der Waals surface area contributed by atoms with Gasteiger partial charge in [0.15, 0.2) is 0 Å². The van der Waals surface area contributed by atoms with Crippen molar-refractivity contribution in [1.82, 2.24) is 0 Å². The van der Waals surface area contributed by atoms with Crippen LogP contribution in [0.15, 0.2) is 12.1 Å². The smallest absolute Gasteiger partial charge is 0.0431 e. The van der Waals surface area contributed by atoms with Crippen LogP contribution in [0.1, 0.15) is 41.1 Å². The van der Waals surface area contributed by atoms with E-state index in [1.54, 1.807) is 0 Å². The Morgan fingerprint density at radius 1 is 1.20 bits per heavy atom. The molecule has 1 rings (SSSR count). The molecule has 1 aromatic carbocycles. The van der Waals surface area contributed by atoms with Gasteiger partial charge in [0.2, 0.25) is 0 Å². The van der Waals surface area contributed by atoms with Crippen LogP contribution in [-0.4, -0.2) is 11.7 Å². The highest BCUT2D eigenvalue weighted by Gasteiger charge is 2.11. The summed E-state index contributed by atoms with van der Waals surface area (Å²) in [5, 5.41) is 8.79. The van der Waals surface area contributed by atoms with Gasteiger partial charge in [0, 0.05) is 12.6 Å². The average molecular weight is 207 g/mol. The summed E-state index contributed by atoms with van der Waals surface area (Å²) in [4.78, 5) is 0. The first-order valence-electron chi connectivity index (χ1n) is 5.50.